The quantitative estimate of drug-likeness (QED) is 0.301. The number of aliphatic hydroxyl groups is 1. The first-order valence-corrected chi connectivity index (χ1v) is 12.6. The first-order chi connectivity index (χ1) is 17.0. The third kappa shape index (κ3) is 6.69. The van der Waals surface area contributed by atoms with Gasteiger partial charge in [-0.3, -0.25) is 13.9 Å². The van der Waals surface area contributed by atoms with Gasteiger partial charge in [-0.15, -0.1) is 0 Å². The maximum absolute atomic E-state index is 13.6. The first kappa shape index (κ1) is 27.3. The summed E-state index contributed by atoms with van der Waals surface area (Å²) < 4.78 is 36.6. The van der Waals surface area contributed by atoms with Crippen LogP contribution in [0.2, 0.25) is 0 Å². The molecule has 0 amide bonds. The Balaban J connectivity index is 1.78. The summed E-state index contributed by atoms with van der Waals surface area (Å²) in [6, 6.07) is 10.3. The van der Waals surface area contributed by atoms with Gasteiger partial charge in [0, 0.05) is 6.20 Å². The molecule has 1 saturated heterocycles. The van der Waals surface area contributed by atoms with Crippen LogP contribution in [-0.4, -0.2) is 51.6 Å². The molecule has 1 aromatic heterocycles. The van der Waals surface area contributed by atoms with Gasteiger partial charge in [0.1, 0.15) is 35.7 Å². The lowest BCUT2D eigenvalue weighted by molar-refractivity contribution is -0.149. The second kappa shape index (κ2) is 11.6. The molecule has 194 valence electrons. The van der Waals surface area contributed by atoms with E-state index in [4.69, 9.17) is 24.3 Å². The number of para-hydroxylation sites is 1. The van der Waals surface area contributed by atoms with Crippen LogP contribution in [0.5, 0.6) is 5.75 Å². The number of carbonyl (C=O) groups is 1. The van der Waals surface area contributed by atoms with E-state index >= 15 is 0 Å². The average Bonchev–Trinajstić information content (AvgIpc) is 3.12. The molecule has 1 aromatic carbocycles. The van der Waals surface area contributed by atoms with Gasteiger partial charge in [-0.1, -0.05) is 18.2 Å². The molecule has 14 heteroatoms. The summed E-state index contributed by atoms with van der Waals surface area (Å²) >= 11 is 0. The molecule has 0 radical (unpaired) electrons. The minimum absolute atomic E-state index is 0.0154. The van der Waals surface area contributed by atoms with E-state index < -0.39 is 62.5 Å². The van der Waals surface area contributed by atoms with E-state index in [0.717, 1.165) is 4.57 Å². The lowest BCUT2D eigenvalue weighted by atomic mass is 10.0. The molecule has 1 unspecified atom stereocenters. The van der Waals surface area contributed by atoms with E-state index in [2.05, 4.69) is 10.1 Å². The molecule has 0 spiro atoms. The van der Waals surface area contributed by atoms with Crippen LogP contribution < -0.4 is 21.0 Å². The Morgan fingerprint density at radius 2 is 2.03 bits per heavy atom. The van der Waals surface area contributed by atoms with Gasteiger partial charge < -0.3 is 24.8 Å². The molecule has 1 fully saturated rings. The van der Waals surface area contributed by atoms with Gasteiger partial charge in [-0.25, -0.2) is 9.36 Å². The zero-order valence-corrected chi connectivity index (χ0v) is 20.8. The number of carbonyl (C=O) groups excluding carboxylic acids is 1. The first-order valence-electron chi connectivity index (χ1n) is 11.1. The Morgan fingerprint density at radius 3 is 2.64 bits per heavy atom. The number of aromatic nitrogens is 2. The van der Waals surface area contributed by atoms with Crippen molar-refractivity contribution < 1.29 is 33.0 Å². The second-order valence-corrected chi connectivity index (χ2v) is 9.98. The van der Waals surface area contributed by atoms with Crippen molar-refractivity contribution in [3.05, 3.63) is 53.1 Å². The Labute approximate surface area is 207 Å². The van der Waals surface area contributed by atoms with Crippen molar-refractivity contribution in [2.45, 2.75) is 51.4 Å². The van der Waals surface area contributed by atoms with Crippen LogP contribution in [0.4, 0.5) is 5.82 Å². The summed E-state index contributed by atoms with van der Waals surface area (Å²) in [7, 11) is -4.23. The summed E-state index contributed by atoms with van der Waals surface area (Å²) in [5, 5.41) is 22.8. The summed E-state index contributed by atoms with van der Waals surface area (Å²) in [4.78, 5) is 28.1. The SMILES string of the molecule is CC(C)OC(=O)[C@H](C)NP(=O)(OC[C@H]1O[C@@H](n2ccc(N)nc2=O)[C@H](C#N)[C@@H]1O)Oc1ccccc1. The van der Waals surface area contributed by atoms with E-state index in [1.54, 1.807) is 32.0 Å². The summed E-state index contributed by atoms with van der Waals surface area (Å²) in [5.41, 5.74) is 4.74. The molecule has 0 bridgehead atoms. The standard InChI is InChI=1S/C22H28N5O8P/c1-13(2)33-21(29)14(3)26-36(31,35-15-7-5-4-6-8-15)32-12-17-19(28)16(11-23)20(34-17)27-10-9-18(24)25-22(27)30/h4-10,13-14,16-17,19-20,28H,12H2,1-3H3,(H,26,31)(H2,24,25,30)/t14-,16+,17+,19-,20+,36?/m0/s1. The minimum atomic E-state index is -4.23. The van der Waals surface area contributed by atoms with Gasteiger partial charge in [0.05, 0.1) is 18.8 Å². The van der Waals surface area contributed by atoms with Crippen LogP contribution in [-0.2, 0) is 23.4 Å². The predicted molar refractivity (Wildman–Crippen MR) is 126 cm³/mol. The third-order valence-electron chi connectivity index (χ3n) is 5.08. The molecule has 2 aromatic rings. The van der Waals surface area contributed by atoms with Crippen LogP contribution >= 0.6 is 7.75 Å². The lowest BCUT2D eigenvalue weighted by Gasteiger charge is -2.25. The Kier molecular flexibility index (Phi) is 8.84. The zero-order valence-electron chi connectivity index (χ0n) is 19.9. The van der Waals surface area contributed by atoms with Crippen LogP contribution in [0.25, 0.3) is 0 Å². The molecular weight excluding hydrogens is 493 g/mol. The van der Waals surface area contributed by atoms with Crippen LogP contribution in [0.3, 0.4) is 0 Å². The fourth-order valence-electron chi connectivity index (χ4n) is 3.39. The number of benzene rings is 1. The molecule has 3 rings (SSSR count). The van der Waals surface area contributed by atoms with Crippen molar-refractivity contribution in [3.8, 4) is 11.8 Å². The fraction of sp³-hybridized carbons (Fsp3) is 0.455. The Morgan fingerprint density at radius 1 is 1.33 bits per heavy atom. The van der Waals surface area contributed by atoms with Gasteiger partial charge in [-0.05, 0) is 39.0 Å². The van der Waals surface area contributed by atoms with Crippen molar-refractivity contribution >= 4 is 19.5 Å². The number of anilines is 1. The zero-order chi connectivity index (χ0) is 26.5. The summed E-state index contributed by atoms with van der Waals surface area (Å²) in [5.74, 6) is -1.66. The number of nitrogens with one attached hydrogen (secondary N) is 1. The fourth-order valence-corrected chi connectivity index (χ4v) is 4.89. The van der Waals surface area contributed by atoms with Crippen LogP contribution in [0.1, 0.15) is 27.0 Å². The minimum Gasteiger partial charge on any atom is -0.462 e. The average molecular weight is 521 g/mol. The van der Waals surface area contributed by atoms with Crippen molar-refractivity contribution in [1.29, 1.82) is 5.26 Å². The van der Waals surface area contributed by atoms with Crippen LogP contribution in [0, 0.1) is 17.2 Å². The molecule has 4 N–H and O–H groups in total. The molecule has 36 heavy (non-hydrogen) atoms. The van der Waals surface area contributed by atoms with Crippen LogP contribution in [0.15, 0.2) is 47.4 Å². The molecule has 6 atom stereocenters. The second-order valence-electron chi connectivity index (χ2n) is 8.29. The highest BCUT2D eigenvalue weighted by molar-refractivity contribution is 7.52. The maximum Gasteiger partial charge on any atom is 0.459 e. The molecule has 1 aliphatic rings. The van der Waals surface area contributed by atoms with E-state index in [0.29, 0.717) is 0 Å². The smallest absolute Gasteiger partial charge is 0.459 e. The number of hydrogen-bond donors (Lipinski definition) is 3. The molecule has 13 nitrogen and oxygen atoms in total. The van der Waals surface area contributed by atoms with Gasteiger partial charge >= 0.3 is 19.4 Å². The number of nitrogen functional groups attached to an aromatic ring is 1. The topological polar surface area (TPSA) is 188 Å². The third-order valence-corrected chi connectivity index (χ3v) is 6.72. The van der Waals surface area contributed by atoms with Gasteiger partial charge in [0.2, 0.25) is 0 Å². The number of rotatable bonds is 10. The molecule has 0 saturated carbocycles. The highest BCUT2D eigenvalue weighted by Gasteiger charge is 2.47. The number of esters is 1. The Bertz CT molecular complexity index is 1200. The van der Waals surface area contributed by atoms with E-state index in [1.807, 2.05) is 6.07 Å². The highest BCUT2D eigenvalue weighted by atomic mass is 31.2. The molecule has 0 aliphatic carbocycles. The number of nitrogens with zero attached hydrogens (tertiary/aromatic N) is 3. The monoisotopic (exact) mass is 521 g/mol. The van der Waals surface area contributed by atoms with E-state index in [1.165, 1.54) is 31.3 Å². The summed E-state index contributed by atoms with van der Waals surface area (Å²) in [6.07, 6.45) is -2.87. The van der Waals surface area contributed by atoms with Gasteiger partial charge in [0.25, 0.3) is 0 Å². The van der Waals surface area contributed by atoms with Crippen molar-refractivity contribution in [3.63, 3.8) is 0 Å². The number of ether oxygens (including phenoxy) is 2. The molecule has 2 heterocycles. The number of nitriles is 1. The molecular formula is C22H28N5O8P. The van der Waals surface area contributed by atoms with Crippen molar-refractivity contribution in [1.82, 2.24) is 14.6 Å². The number of hydrogen-bond acceptors (Lipinski definition) is 11. The largest absolute Gasteiger partial charge is 0.462 e. The number of nitrogens with two attached hydrogens (primary N) is 1. The van der Waals surface area contributed by atoms with E-state index in [9.17, 15) is 24.5 Å². The summed E-state index contributed by atoms with van der Waals surface area (Å²) in [6.45, 7) is 4.27. The highest BCUT2D eigenvalue weighted by Crippen LogP contribution is 2.46. The lowest BCUT2D eigenvalue weighted by Crippen LogP contribution is -2.37. The van der Waals surface area contributed by atoms with Gasteiger partial charge in [-0.2, -0.15) is 15.3 Å². The molecule has 1 aliphatic heterocycles. The van der Waals surface area contributed by atoms with Gasteiger partial charge in [0.15, 0.2) is 6.23 Å². The maximum atomic E-state index is 13.6. The normalized spacial score (nSPS) is 24.0. The predicted octanol–water partition coefficient (Wildman–Crippen LogP) is 1.36. The number of aliphatic hydroxyl groups excluding tert-OH is 1. The van der Waals surface area contributed by atoms with E-state index in [-0.39, 0.29) is 11.6 Å². The Hall–Kier alpha value is -3.27. The van der Waals surface area contributed by atoms with Crippen molar-refractivity contribution in [2.75, 3.05) is 12.3 Å². The van der Waals surface area contributed by atoms with Crippen molar-refractivity contribution in [2.24, 2.45) is 5.92 Å².